The Kier molecular flexibility index (Phi) is 9.54. The van der Waals surface area contributed by atoms with Crippen LogP contribution in [0, 0.1) is 29.2 Å². The summed E-state index contributed by atoms with van der Waals surface area (Å²) in [6.45, 7) is 2.11. The lowest BCUT2D eigenvalue weighted by Crippen LogP contribution is -2.43. The Hall–Kier alpha value is -1.18. The van der Waals surface area contributed by atoms with Crippen LogP contribution in [0.3, 0.4) is 0 Å². The molecular weight excluding hydrogens is 352 g/mol. The van der Waals surface area contributed by atoms with Gasteiger partial charge in [-0.15, -0.1) is 0 Å². The molecule has 0 saturated carbocycles. The molecule has 1 atom stereocenters. The highest BCUT2D eigenvalue weighted by Gasteiger charge is 2.38. The maximum absolute atomic E-state index is 14.0. The second kappa shape index (κ2) is 10.8. The minimum absolute atomic E-state index is 0.257. The van der Waals surface area contributed by atoms with Crippen LogP contribution in [0.25, 0.3) is 0 Å². The molecule has 1 N–H and O–H groups in total. The van der Waals surface area contributed by atoms with E-state index in [1.54, 1.807) is 0 Å². The zero-order valence-corrected chi connectivity index (χ0v) is 15.6. The lowest BCUT2D eigenvalue weighted by atomic mass is 9.90. The van der Waals surface area contributed by atoms with Crippen LogP contribution in [0.4, 0.5) is 17.6 Å². The van der Waals surface area contributed by atoms with Crippen molar-refractivity contribution in [3.8, 4) is 0 Å². The van der Waals surface area contributed by atoms with Crippen molar-refractivity contribution >= 4 is 0 Å². The molecule has 0 aliphatic rings. The van der Waals surface area contributed by atoms with Gasteiger partial charge in [0, 0.05) is 20.1 Å². The second-order valence-electron chi connectivity index (χ2n) is 6.46. The Morgan fingerprint density at radius 3 is 2.08 bits per heavy atom. The van der Waals surface area contributed by atoms with Crippen LogP contribution < -0.4 is 0 Å². The van der Waals surface area contributed by atoms with Gasteiger partial charge in [-0.3, -0.25) is 0 Å². The van der Waals surface area contributed by atoms with Crippen LogP contribution in [0.15, 0.2) is 6.07 Å². The van der Waals surface area contributed by atoms with Crippen molar-refractivity contribution in [3.63, 3.8) is 0 Å². The number of methoxy groups -OCH3 is 2. The van der Waals surface area contributed by atoms with Gasteiger partial charge in [-0.25, -0.2) is 17.6 Å². The van der Waals surface area contributed by atoms with Crippen LogP contribution in [0.1, 0.15) is 57.4 Å². The molecule has 1 rings (SSSR count). The van der Waals surface area contributed by atoms with Crippen molar-refractivity contribution in [2.45, 2.75) is 64.3 Å². The number of benzene rings is 1. The lowest BCUT2D eigenvalue weighted by Gasteiger charge is -2.33. The summed E-state index contributed by atoms with van der Waals surface area (Å²) in [6.07, 6.45) is 6.12. The molecule has 26 heavy (non-hydrogen) atoms. The Labute approximate surface area is 152 Å². The summed E-state index contributed by atoms with van der Waals surface area (Å²) < 4.78 is 64.0. The van der Waals surface area contributed by atoms with Gasteiger partial charge < -0.3 is 14.6 Å². The van der Waals surface area contributed by atoms with Gasteiger partial charge >= 0.3 is 0 Å². The molecule has 0 saturated heterocycles. The van der Waals surface area contributed by atoms with E-state index in [0.717, 1.165) is 32.1 Å². The van der Waals surface area contributed by atoms with E-state index in [1.165, 1.54) is 14.2 Å². The number of hydrogen-bond acceptors (Lipinski definition) is 3. The lowest BCUT2D eigenvalue weighted by molar-refractivity contribution is -0.368. The fraction of sp³-hybridized carbons (Fsp3) is 0.684. The summed E-state index contributed by atoms with van der Waals surface area (Å²) in [5.74, 6) is -9.47. The number of ether oxygens (including phenoxy) is 2. The minimum Gasteiger partial charge on any atom is -0.343 e. The van der Waals surface area contributed by atoms with E-state index in [0.29, 0.717) is 18.9 Å². The quantitative estimate of drug-likeness (QED) is 0.180. The maximum atomic E-state index is 14.0. The number of aliphatic hydroxyl groups is 1. The molecule has 0 radical (unpaired) electrons. The zero-order valence-electron chi connectivity index (χ0n) is 15.6. The zero-order chi connectivity index (χ0) is 19.7. The summed E-state index contributed by atoms with van der Waals surface area (Å²) in [6, 6.07) is 0.605. The molecule has 0 aliphatic heterocycles. The standard InChI is InChI=1S/C19H28F4O3/c1-4-5-6-7-8-9-10-14(19(24,25-2)26-3)11-13-12-15(20)17(22)18(23)16(13)21/h12,14,24H,4-11H2,1-3H3. The Balaban J connectivity index is 2.90. The predicted molar refractivity (Wildman–Crippen MR) is 90.4 cm³/mol. The van der Waals surface area contributed by atoms with Gasteiger partial charge in [0.2, 0.25) is 0 Å². The van der Waals surface area contributed by atoms with E-state index < -0.39 is 35.2 Å². The summed E-state index contributed by atoms with van der Waals surface area (Å²) in [4.78, 5) is 0. The topological polar surface area (TPSA) is 38.7 Å². The highest BCUT2D eigenvalue weighted by Crippen LogP contribution is 2.31. The first kappa shape index (κ1) is 22.9. The third-order valence-corrected chi connectivity index (χ3v) is 4.65. The normalized spacial score (nSPS) is 13.2. The van der Waals surface area contributed by atoms with Crippen molar-refractivity contribution in [1.29, 1.82) is 0 Å². The minimum atomic E-state index is -2.03. The van der Waals surface area contributed by atoms with Crippen LogP contribution in [0.5, 0.6) is 0 Å². The van der Waals surface area contributed by atoms with Gasteiger partial charge in [-0.1, -0.05) is 45.4 Å². The van der Waals surface area contributed by atoms with Gasteiger partial charge in [0.05, 0.1) is 0 Å². The molecule has 7 heteroatoms. The highest BCUT2D eigenvalue weighted by molar-refractivity contribution is 5.22. The summed E-state index contributed by atoms with van der Waals surface area (Å²) >= 11 is 0. The molecule has 0 heterocycles. The monoisotopic (exact) mass is 380 g/mol. The Bertz CT molecular complexity index is 562. The molecule has 1 aromatic rings. The number of halogens is 4. The first-order chi connectivity index (χ1) is 12.3. The number of unbranched alkanes of at least 4 members (excludes halogenated alkanes) is 5. The predicted octanol–water partition coefficient (Wildman–Crippen LogP) is 5.09. The first-order valence-electron chi connectivity index (χ1n) is 8.95. The van der Waals surface area contributed by atoms with Crippen LogP contribution in [0.2, 0.25) is 0 Å². The summed E-state index contributed by atoms with van der Waals surface area (Å²) in [5, 5.41) is 10.4. The van der Waals surface area contributed by atoms with Crippen LogP contribution >= 0.6 is 0 Å². The SMILES string of the molecule is CCCCCCCCC(Cc1cc(F)c(F)c(F)c1F)C(O)(OC)OC. The first-order valence-corrected chi connectivity index (χ1v) is 8.95. The smallest absolute Gasteiger partial charge is 0.283 e. The van der Waals surface area contributed by atoms with Gasteiger partial charge in [-0.05, 0) is 24.5 Å². The molecule has 150 valence electrons. The molecule has 0 spiro atoms. The number of hydrogen-bond donors (Lipinski definition) is 1. The van der Waals surface area contributed by atoms with Gasteiger partial charge in [0.1, 0.15) is 0 Å². The molecule has 0 bridgehead atoms. The Morgan fingerprint density at radius 1 is 0.923 bits per heavy atom. The van der Waals surface area contributed by atoms with Gasteiger partial charge in [0.15, 0.2) is 23.3 Å². The average molecular weight is 380 g/mol. The number of rotatable bonds is 12. The van der Waals surface area contributed by atoms with Crippen molar-refractivity contribution in [1.82, 2.24) is 0 Å². The fourth-order valence-electron chi connectivity index (χ4n) is 3.04. The molecule has 0 amide bonds. The summed E-state index contributed by atoms with van der Waals surface area (Å²) in [5.41, 5.74) is -0.370. The second-order valence-corrected chi connectivity index (χ2v) is 6.46. The molecule has 1 aromatic carbocycles. The third-order valence-electron chi connectivity index (χ3n) is 4.65. The van der Waals surface area contributed by atoms with Crippen molar-refractivity contribution in [3.05, 3.63) is 34.9 Å². The van der Waals surface area contributed by atoms with Gasteiger partial charge in [0.25, 0.3) is 5.97 Å². The summed E-state index contributed by atoms with van der Waals surface area (Å²) in [7, 11) is 2.44. The molecule has 3 nitrogen and oxygen atoms in total. The van der Waals surface area contributed by atoms with E-state index in [1.807, 2.05) is 0 Å². The highest BCUT2D eigenvalue weighted by atomic mass is 19.2. The molecule has 1 unspecified atom stereocenters. The maximum Gasteiger partial charge on any atom is 0.283 e. The fourth-order valence-corrected chi connectivity index (χ4v) is 3.04. The van der Waals surface area contributed by atoms with E-state index in [4.69, 9.17) is 9.47 Å². The van der Waals surface area contributed by atoms with E-state index in [-0.39, 0.29) is 12.0 Å². The average Bonchev–Trinajstić information content (AvgIpc) is 2.65. The molecule has 0 aromatic heterocycles. The Morgan fingerprint density at radius 2 is 1.50 bits per heavy atom. The molecule has 0 aliphatic carbocycles. The largest absolute Gasteiger partial charge is 0.343 e. The van der Waals surface area contributed by atoms with Crippen molar-refractivity contribution < 1.29 is 32.1 Å². The van der Waals surface area contributed by atoms with E-state index in [2.05, 4.69) is 6.92 Å². The van der Waals surface area contributed by atoms with Crippen LogP contribution in [-0.2, 0) is 15.9 Å². The van der Waals surface area contributed by atoms with E-state index in [9.17, 15) is 22.7 Å². The van der Waals surface area contributed by atoms with Crippen LogP contribution in [-0.4, -0.2) is 25.3 Å². The third kappa shape index (κ3) is 5.93. The molecular formula is C19H28F4O3. The van der Waals surface area contributed by atoms with Gasteiger partial charge in [-0.2, -0.15) is 0 Å². The van der Waals surface area contributed by atoms with Crippen molar-refractivity contribution in [2.75, 3.05) is 14.2 Å². The molecule has 0 fully saturated rings. The van der Waals surface area contributed by atoms with Crippen molar-refractivity contribution in [2.24, 2.45) is 5.92 Å². The van der Waals surface area contributed by atoms with E-state index >= 15 is 0 Å².